The fourth-order valence-corrected chi connectivity index (χ4v) is 7.39. The fraction of sp³-hybridized carbons (Fsp3) is 0.853. The Hall–Kier alpha value is -2.03. The van der Waals surface area contributed by atoms with Crippen molar-refractivity contribution in [2.45, 2.75) is 108 Å². The summed E-state index contributed by atoms with van der Waals surface area (Å²) in [5.74, 6) is -1.28. The van der Waals surface area contributed by atoms with Gasteiger partial charge in [0.25, 0.3) is 0 Å². The van der Waals surface area contributed by atoms with E-state index in [4.69, 9.17) is 16.2 Å². The van der Waals surface area contributed by atoms with E-state index in [-0.39, 0.29) is 23.9 Å². The van der Waals surface area contributed by atoms with E-state index in [0.29, 0.717) is 38.9 Å². The summed E-state index contributed by atoms with van der Waals surface area (Å²) in [5.41, 5.74) is 13.4. The molecule has 6 N–H and O–H groups in total. The van der Waals surface area contributed by atoms with Gasteiger partial charge in [0.1, 0.15) is 12.3 Å². The first kappa shape index (κ1) is 37.8. The van der Waals surface area contributed by atoms with Crippen LogP contribution in [0.4, 0.5) is 8.78 Å². The Kier molecular flexibility index (Phi) is 14.1. The number of allylic oxidation sites excluding steroid dienone is 1. The third-order valence-electron chi connectivity index (χ3n) is 10.6. The van der Waals surface area contributed by atoms with Gasteiger partial charge in [0, 0.05) is 51.4 Å². The van der Waals surface area contributed by atoms with Crippen LogP contribution in [-0.2, 0) is 14.3 Å². The van der Waals surface area contributed by atoms with Crippen LogP contribution in [-0.4, -0.2) is 140 Å². The van der Waals surface area contributed by atoms with Gasteiger partial charge >= 0.3 is 0 Å². The van der Waals surface area contributed by atoms with E-state index in [1.165, 1.54) is 6.21 Å². The summed E-state index contributed by atoms with van der Waals surface area (Å²) < 4.78 is 35.6. The summed E-state index contributed by atoms with van der Waals surface area (Å²) in [4.78, 5) is 38.3. The van der Waals surface area contributed by atoms with Crippen LogP contribution in [0.3, 0.4) is 0 Å². The molecule has 4 saturated heterocycles. The van der Waals surface area contributed by atoms with E-state index in [2.05, 4.69) is 32.3 Å². The fourth-order valence-electron chi connectivity index (χ4n) is 7.39. The zero-order valence-corrected chi connectivity index (χ0v) is 29.0. The third-order valence-corrected chi connectivity index (χ3v) is 10.6. The van der Waals surface area contributed by atoms with E-state index in [9.17, 15) is 14.0 Å². The van der Waals surface area contributed by atoms with Gasteiger partial charge in [-0.25, -0.2) is 8.78 Å². The Morgan fingerprint density at radius 1 is 1.11 bits per heavy atom. The molecule has 0 aromatic rings. The zero-order valence-electron chi connectivity index (χ0n) is 29.0. The molecular weight excluding hydrogens is 606 g/mol. The number of rotatable bonds is 14. The molecule has 47 heavy (non-hydrogen) atoms. The van der Waals surface area contributed by atoms with Crippen LogP contribution in [0.5, 0.6) is 0 Å². The lowest BCUT2D eigenvalue weighted by molar-refractivity contribution is -0.153. The summed E-state index contributed by atoms with van der Waals surface area (Å²) in [5, 5.41) is 6.16. The van der Waals surface area contributed by atoms with Crippen LogP contribution in [0.2, 0.25) is 0 Å². The van der Waals surface area contributed by atoms with E-state index in [1.807, 2.05) is 31.7 Å². The number of nitrogens with one attached hydrogen (secondary N) is 2. The minimum absolute atomic E-state index is 0.0864. The second-order valence-electron chi connectivity index (χ2n) is 14.3. The highest BCUT2D eigenvalue weighted by Gasteiger charge is 2.44. The Bertz CT molecular complexity index is 1070. The van der Waals surface area contributed by atoms with Crippen LogP contribution in [0.25, 0.3) is 0 Å². The number of halogens is 2. The lowest BCUT2D eigenvalue weighted by Gasteiger charge is -2.50. The monoisotopic (exact) mass is 666 g/mol. The van der Waals surface area contributed by atoms with Crippen LogP contribution in [0, 0.1) is 11.8 Å². The molecular formula is C34H60F2N8O3. The van der Waals surface area contributed by atoms with Crippen molar-refractivity contribution in [3.63, 3.8) is 0 Å². The van der Waals surface area contributed by atoms with Crippen LogP contribution in [0.1, 0.15) is 66.2 Å². The summed E-state index contributed by atoms with van der Waals surface area (Å²) in [6, 6.07) is -1.84. The average molecular weight is 667 g/mol. The van der Waals surface area contributed by atoms with Gasteiger partial charge in [-0.1, -0.05) is 38.3 Å². The Morgan fingerprint density at radius 3 is 2.36 bits per heavy atom. The first-order valence-corrected chi connectivity index (χ1v) is 17.8. The quantitative estimate of drug-likeness (QED) is 0.125. The number of carbonyl (C=O) groups is 2. The number of ether oxygens (including phenoxy) is 1. The number of hydrogen-bond donors (Lipinski definition) is 4. The molecule has 4 heterocycles. The maximum absolute atomic E-state index is 15.6. The van der Waals surface area contributed by atoms with Gasteiger partial charge in [-0.15, -0.1) is 0 Å². The van der Waals surface area contributed by atoms with Crippen LogP contribution < -0.4 is 22.1 Å². The highest BCUT2D eigenvalue weighted by Crippen LogP contribution is 2.29. The maximum Gasteiger partial charge on any atom is 0.228 e. The Morgan fingerprint density at radius 2 is 1.79 bits per heavy atom. The molecule has 6 atom stereocenters. The SMILES string of the molecule is CCCCC(F)C=NC(/C=C(/C)CC)C(C(=O)NC1CNCC(F)C1N1CCC(C(=O)N2CCN(C3(C)COC3)CC2)CC1)C(N)N. The Balaban J connectivity index is 1.38. The standard InChI is InChI=1S/C34H60F2N8O3/c1-5-7-8-25(35)18-40-27(17-23(3)6-2)29(31(37)38)32(45)41-28-20-39-19-26(36)30(28)42-11-9-24(10-12-42)33(46)43-13-15-44(16-14-43)34(4)21-47-22-34/h17-18,24-31,39H,5-16,19-22,37-38H2,1-4H3,(H,41,45)/b23-17-,40-18?. The number of hydrogen-bond acceptors (Lipinski definition) is 9. The molecule has 4 rings (SSSR count). The van der Waals surface area contributed by atoms with Crippen molar-refractivity contribution in [2.75, 3.05) is 65.6 Å². The number of piperidine rings is 2. The predicted octanol–water partition coefficient (Wildman–Crippen LogP) is 1.61. The summed E-state index contributed by atoms with van der Waals surface area (Å²) in [6.07, 6.45) is 3.60. The van der Waals surface area contributed by atoms with Gasteiger partial charge < -0.3 is 31.7 Å². The van der Waals surface area contributed by atoms with E-state index >= 15 is 4.39 Å². The van der Waals surface area contributed by atoms with Gasteiger partial charge in [0.05, 0.1) is 49.0 Å². The first-order valence-electron chi connectivity index (χ1n) is 17.8. The molecule has 0 aromatic heterocycles. The number of nitrogens with zero attached hydrogens (tertiary/aromatic N) is 4. The molecule has 2 amide bonds. The molecule has 4 aliphatic rings. The molecule has 4 fully saturated rings. The number of aliphatic imine (C=N–C) groups is 1. The van der Waals surface area contributed by atoms with Crippen LogP contribution in [0.15, 0.2) is 16.6 Å². The maximum atomic E-state index is 15.6. The second kappa shape index (κ2) is 17.6. The number of alkyl halides is 2. The van der Waals surface area contributed by atoms with Crippen molar-refractivity contribution < 1.29 is 23.1 Å². The van der Waals surface area contributed by atoms with Gasteiger partial charge in [0.2, 0.25) is 11.8 Å². The normalized spacial score (nSPS) is 28.7. The van der Waals surface area contributed by atoms with Crippen molar-refractivity contribution in [3.8, 4) is 0 Å². The van der Waals surface area contributed by atoms with E-state index < -0.39 is 48.5 Å². The van der Waals surface area contributed by atoms with Crippen molar-refractivity contribution in [1.82, 2.24) is 25.3 Å². The number of likely N-dealkylation sites (tertiary alicyclic amines) is 1. The molecule has 0 spiro atoms. The van der Waals surface area contributed by atoms with Gasteiger partial charge in [0.15, 0.2) is 0 Å². The molecule has 11 nitrogen and oxygen atoms in total. The van der Waals surface area contributed by atoms with Gasteiger partial charge in [-0.3, -0.25) is 24.4 Å². The Labute approximate surface area is 280 Å². The molecule has 0 aromatic carbocycles. The minimum Gasteiger partial charge on any atom is -0.377 e. The predicted molar refractivity (Wildman–Crippen MR) is 182 cm³/mol. The molecule has 0 bridgehead atoms. The molecule has 0 aliphatic carbocycles. The molecule has 13 heteroatoms. The second-order valence-corrected chi connectivity index (χ2v) is 14.3. The summed E-state index contributed by atoms with van der Waals surface area (Å²) >= 11 is 0. The number of piperazine rings is 1. The highest BCUT2D eigenvalue weighted by atomic mass is 19.1. The first-order chi connectivity index (χ1) is 22.5. The van der Waals surface area contributed by atoms with Crippen molar-refractivity contribution >= 4 is 18.0 Å². The van der Waals surface area contributed by atoms with Gasteiger partial charge in [-0.05, 0) is 52.6 Å². The van der Waals surface area contributed by atoms with Gasteiger partial charge in [-0.2, -0.15) is 0 Å². The third kappa shape index (κ3) is 9.78. The lowest BCUT2D eigenvalue weighted by Crippen LogP contribution is -2.67. The summed E-state index contributed by atoms with van der Waals surface area (Å²) in [7, 11) is 0. The number of nitrogens with two attached hydrogens (primary N) is 2. The molecule has 6 unspecified atom stereocenters. The van der Waals surface area contributed by atoms with Crippen molar-refractivity contribution in [2.24, 2.45) is 28.3 Å². The number of amides is 2. The average Bonchev–Trinajstić information content (AvgIpc) is 3.04. The number of carbonyl (C=O) groups excluding carboxylic acids is 2. The number of unbranched alkanes of at least 4 members (excludes halogenated alkanes) is 1. The van der Waals surface area contributed by atoms with Crippen molar-refractivity contribution in [1.29, 1.82) is 0 Å². The largest absolute Gasteiger partial charge is 0.377 e. The molecule has 268 valence electrons. The molecule has 0 saturated carbocycles. The van der Waals surface area contributed by atoms with Crippen molar-refractivity contribution in [3.05, 3.63) is 11.6 Å². The zero-order chi connectivity index (χ0) is 34.1. The molecule has 0 radical (unpaired) electrons. The smallest absolute Gasteiger partial charge is 0.228 e. The topological polar surface area (TPSA) is 142 Å². The van der Waals surface area contributed by atoms with E-state index in [1.54, 1.807) is 0 Å². The van der Waals surface area contributed by atoms with E-state index in [0.717, 1.165) is 64.2 Å². The summed E-state index contributed by atoms with van der Waals surface area (Å²) in [6.45, 7) is 14.5. The highest BCUT2D eigenvalue weighted by molar-refractivity contribution is 5.81. The molecule has 4 aliphatic heterocycles. The lowest BCUT2D eigenvalue weighted by atomic mass is 9.89. The minimum atomic E-state index is -1.23. The van der Waals surface area contributed by atoms with Crippen LogP contribution >= 0.6 is 0 Å².